The number of oxime groups is 1. The Morgan fingerprint density at radius 2 is 2.17 bits per heavy atom. The van der Waals surface area contributed by atoms with Crippen LogP contribution in [0.4, 0.5) is 0 Å². The van der Waals surface area contributed by atoms with E-state index < -0.39 is 0 Å². The fourth-order valence-corrected chi connectivity index (χ4v) is 0.618. The zero-order valence-electron chi connectivity index (χ0n) is 7.40. The van der Waals surface area contributed by atoms with Crippen molar-refractivity contribution in [3.8, 4) is 5.88 Å². The summed E-state index contributed by atoms with van der Waals surface area (Å²) in [5.74, 6) is 0.476. The molecule has 0 aromatic carbocycles. The SMILES string of the molecule is CC(C)=NOc1cc(C)ncn1. The molecule has 1 rings (SSSR count). The summed E-state index contributed by atoms with van der Waals surface area (Å²) in [6.07, 6.45) is 1.45. The number of rotatable bonds is 2. The van der Waals surface area contributed by atoms with Crippen LogP contribution in [0, 0.1) is 6.92 Å². The summed E-state index contributed by atoms with van der Waals surface area (Å²) in [6.45, 7) is 5.58. The molecule has 1 heterocycles. The first-order valence-corrected chi connectivity index (χ1v) is 3.65. The second kappa shape index (κ2) is 3.80. The molecule has 0 unspecified atom stereocenters. The number of aryl methyl sites for hydroxylation is 1. The minimum atomic E-state index is 0.476. The smallest absolute Gasteiger partial charge is 0.251 e. The predicted octanol–water partition coefficient (Wildman–Crippen LogP) is 1.56. The van der Waals surface area contributed by atoms with Crippen molar-refractivity contribution in [2.45, 2.75) is 20.8 Å². The van der Waals surface area contributed by atoms with Crippen LogP contribution in [0.5, 0.6) is 5.88 Å². The highest BCUT2D eigenvalue weighted by atomic mass is 16.6. The first-order chi connectivity index (χ1) is 5.68. The normalized spacial score (nSPS) is 9.25. The summed E-state index contributed by atoms with van der Waals surface area (Å²) in [5, 5.41) is 3.76. The molecule has 0 amide bonds. The van der Waals surface area contributed by atoms with Gasteiger partial charge < -0.3 is 4.84 Å². The number of hydrogen-bond acceptors (Lipinski definition) is 4. The first kappa shape index (κ1) is 8.64. The summed E-state index contributed by atoms with van der Waals surface area (Å²) >= 11 is 0. The third kappa shape index (κ3) is 2.65. The summed E-state index contributed by atoms with van der Waals surface area (Å²) in [4.78, 5) is 12.8. The van der Waals surface area contributed by atoms with Crippen molar-refractivity contribution >= 4 is 5.71 Å². The lowest BCUT2D eigenvalue weighted by Gasteiger charge is -1.97. The summed E-state index contributed by atoms with van der Waals surface area (Å²) in [7, 11) is 0. The van der Waals surface area contributed by atoms with Gasteiger partial charge in [0, 0.05) is 11.8 Å². The third-order valence-electron chi connectivity index (χ3n) is 1.10. The Bertz CT molecular complexity index is 292. The third-order valence-corrected chi connectivity index (χ3v) is 1.10. The van der Waals surface area contributed by atoms with Crippen LogP contribution in [0.25, 0.3) is 0 Å². The van der Waals surface area contributed by atoms with Crippen molar-refractivity contribution in [1.82, 2.24) is 9.97 Å². The van der Waals surface area contributed by atoms with Crippen LogP contribution in [0.1, 0.15) is 19.5 Å². The number of aromatic nitrogens is 2. The Kier molecular flexibility index (Phi) is 2.74. The zero-order valence-corrected chi connectivity index (χ0v) is 7.40. The van der Waals surface area contributed by atoms with Gasteiger partial charge in [-0.3, -0.25) is 0 Å². The molecule has 0 saturated heterocycles. The maximum absolute atomic E-state index is 4.99. The van der Waals surface area contributed by atoms with Gasteiger partial charge in [-0.15, -0.1) is 0 Å². The first-order valence-electron chi connectivity index (χ1n) is 3.65. The van der Waals surface area contributed by atoms with Crippen molar-refractivity contribution in [2.75, 3.05) is 0 Å². The second-order valence-corrected chi connectivity index (χ2v) is 2.63. The fraction of sp³-hybridized carbons (Fsp3) is 0.375. The van der Waals surface area contributed by atoms with Crippen LogP contribution in [0.15, 0.2) is 17.5 Å². The highest BCUT2D eigenvalue weighted by Crippen LogP contribution is 2.05. The second-order valence-electron chi connectivity index (χ2n) is 2.63. The Labute approximate surface area is 71.3 Å². The van der Waals surface area contributed by atoms with Gasteiger partial charge in [0.1, 0.15) is 6.33 Å². The van der Waals surface area contributed by atoms with Crippen molar-refractivity contribution in [1.29, 1.82) is 0 Å². The molecule has 0 saturated carbocycles. The van der Waals surface area contributed by atoms with Crippen molar-refractivity contribution < 1.29 is 4.84 Å². The van der Waals surface area contributed by atoms with Gasteiger partial charge in [0.25, 0.3) is 5.88 Å². The van der Waals surface area contributed by atoms with Gasteiger partial charge in [-0.2, -0.15) is 4.98 Å². The molecule has 0 N–H and O–H groups in total. The van der Waals surface area contributed by atoms with E-state index in [-0.39, 0.29) is 0 Å². The molecule has 0 fully saturated rings. The Balaban J connectivity index is 2.70. The fourth-order valence-electron chi connectivity index (χ4n) is 0.618. The maximum atomic E-state index is 4.99. The summed E-state index contributed by atoms with van der Waals surface area (Å²) in [5.41, 5.74) is 1.72. The van der Waals surface area contributed by atoms with Crippen molar-refractivity contribution in [2.24, 2.45) is 5.16 Å². The predicted molar refractivity (Wildman–Crippen MR) is 46.2 cm³/mol. The molecule has 0 radical (unpaired) electrons. The van der Waals surface area contributed by atoms with E-state index >= 15 is 0 Å². The van der Waals surface area contributed by atoms with Gasteiger partial charge in [-0.25, -0.2) is 4.98 Å². The van der Waals surface area contributed by atoms with Gasteiger partial charge in [0.05, 0.1) is 5.71 Å². The molecular formula is C8H11N3O. The highest BCUT2D eigenvalue weighted by Gasteiger charge is 1.94. The van der Waals surface area contributed by atoms with Gasteiger partial charge >= 0.3 is 0 Å². The molecule has 0 aliphatic carbocycles. The van der Waals surface area contributed by atoms with E-state index in [0.717, 1.165) is 11.4 Å². The number of hydrogen-bond donors (Lipinski definition) is 0. The average Bonchev–Trinajstić information content (AvgIpc) is 2.01. The van der Waals surface area contributed by atoms with Crippen molar-refractivity contribution in [3.63, 3.8) is 0 Å². The van der Waals surface area contributed by atoms with Crippen LogP contribution in [-0.4, -0.2) is 15.7 Å². The van der Waals surface area contributed by atoms with Gasteiger partial charge in [0.15, 0.2) is 0 Å². The Morgan fingerprint density at radius 3 is 2.75 bits per heavy atom. The van der Waals surface area contributed by atoms with E-state index in [4.69, 9.17) is 4.84 Å². The quantitative estimate of drug-likeness (QED) is 0.493. The lowest BCUT2D eigenvalue weighted by Crippen LogP contribution is -1.92. The monoisotopic (exact) mass is 165 g/mol. The molecule has 4 nitrogen and oxygen atoms in total. The van der Waals surface area contributed by atoms with Crippen LogP contribution >= 0.6 is 0 Å². The summed E-state index contributed by atoms with van der Waals surface area (Å²) < 4.78 is 0. The molecular weight excluding hydrogens is 154 g/mol. The zero-order chi connectivity index (χ0) is 8.97. The van der Waals surface area contributed by atoms with E-state index in [9.17, 15) is 0 Å². The van der Waals surface area contributed by atoms with Crippen LogP contribution in [0.3, 0.4) is 0 Å². The van der Waals surface area contributed by atoms with Gasteiger partial charge in [-0.05, 0) is 20.8 Å². The largest absolute Gasteiger partial charge is 0.337 e. The highest BCUT2D eigenvalue weighted by molar-refractivity contribution is 5.78. The van der Waals surface area contributed by atoms with E-state index in [1.807, 2.05) is 20.8 Å². The standard InChI is InChI=1S/C8H11N3O/c1-6(2)11-12-8-4-7(3)9-5-10-8/h4-5H,1-3H3. The lowest BCUT2D eigenvalue weighted by atomic mass is 10.4. The van der Waals surface area contributed by atoms with Crippen LogP contribution in [0.2, 0.25) is 0 Å². The molecule has 0 bridgehead atoms. The molecule has 0 spiro atoms. The topological polar surface area (TPSA) is 47.4 Å². The van der Waals surface area contributed by atoms with Gasteiger partial charge in [0.2, 0.25) is 0 Å². The van der Waals surface area contributed by atoms with Crippen LogP contribution < -0.4 is 4.84 Å². The van der Waals surface area contributed by atoms with E-state index in [2.05, 4.69) is 15.1 Å². The molecule has 4 heteroatoms. The summed E-state index contributed by atoms with van der Waals surface area (Å²) in [6, 6.07) is 1.73. The molecule has 0 aliphatic heterocycles. The molecule has 64 valence electrons. The minimum Gasteiger partial charge on any atom is -0.337 e. The number of nitrogens with zero attached hydrogens (tertiary/aromatic N) is 3. The van der Waals surface area contributed by atoms with Gasteiger partial charge in [-0.1, -0.05) is 5.16 Å². The van der Waals surface area contributed by atoms with Crippen LogP contribution in [-0.2, 0) is 0 Å². The molecule has 0 aliphatic rings. The Hall–Kier alpha value is -1.45. The van der Waals surface area contributed by atoms with E-state index in [1.54, 1.807) is 6.07 Å². The minimum absolute atomic E-state index is 0.476. The van der Waals surface area contributed by atoms with E-state index in [0.29, 0.717) is 5.88 Å². The van der Waals surface area contributed by atoms with Crippen molar-refractivity contribution in [3.05, 3.63) is 18.1 Å². The lowest BCUT2D eigenvalue weighted by molar-refractivity contribution is 0.326. The molecule has 0 atom stereocenters. The molecule has 12 heavy (non-hydrogen) atoms. The molecule has 1 aromatic rings. The van der Waals surface area contributed by atoms with E-state index in [1.165, 1.54) is 6.33 Å². The average molecular weight is 165 g/mol. The molecule has 1 aromatic heterocycles. The maximum Gasteiger partial charge on any atom is 0.251 e. The Morgan fingerprint density at radius 1 is 1.42 bits per heavy atom.